The summed E-state index contributed by atoms with van der Waals surface area (Å²) >= 11 is 0. The summed E-state index contributed by atoms with van der Waals surface area (Å²) in [5.41, 5.74) is 0. The average Bonchev–Trinajstić information content (AvgIpc) is 2.85. The Bertz CT molecular complexity index is 580. The first-order chi connectivity index (χ1) is 9.70. The van der Waals surface area contributed by atoms with E-state index in [2.05, 4.69) is 24.9 Å². The molecule has 0 N–H and O–H groups in total. The van der Waals surface area contributed by atoms with Crippen LogP contribution in [0.15, 0.2) is 22.7 Å². The molecule has 2 aromatic heterocycles. The van der Waals surface area contributed by atoms with Crippen LogP contribution in [0.25, 0.3) is 0 Å². The van der Waals surface area contributed by atoms with Gasteiger partial charge in [0.15, 0.2) is 5.82 Å². The van der Waals surface area contributed by atoms with E-state index in [1.54, 1.807) is 13.0 Å². The highest BCUT2D eigenvalue weighted by molar-refractivity contribution is 5.38. The average molecular weight is 277 g/mol. The van der Waals surface area contributed by atoms with E-state index in [9.17, 15) is 4.39 Å². The number of anilines is 1. The molecule has 3 heterocycles. The largest absolute Gasteiger partial charge is 0.354 e. The minimum Gasteiger partial charge on any atom is -0.354 e. The first kappa shape index (κ1) is 13.0. The highest BCUT2D eigenvalue weighted by Crippen LogP contribution is 2.14. The number of piperazine rings is 1. The van der Waals surface area contributed by atoms with E-state index in [-0.39, 0.29) is 0 Å². The van der Waals surface area contributed by atoms with Gasteiger partial charge >= 0.3 is 0 Å². The molecule has 6 nitrogen and oxygen atoms in total. The van der Waals surface area contributed by atoms with Gasteiger partial charge in [0.25, 0.3) is 0 Å². The quantitative estimate of drug-likeness (QED) is 0.787. The van der Waals surface area contributed by atoms with Gasteiger partial charge in [-0.1, -0.05) is 11.2 Å². The monoisotopic (exact) mass is 277 g/mol. The molecule has 1 saturated heterocycles. The molecule has 1 aliphatic rings. The molecule has 1 fully saturated rings. The maximum atomic E-state index is 13.1. The smallest absolute Gasteiger partial charge is 0.240 e. The zero-order chi connectivity index (χ0) is 13.9. The Balaban J connectivity index is 1.57. The first-order valence-corrected chi connectivity index (χ1v) is 6.60. The molecule has 0 unspecified atom stereocenters. The molecule has 1 aliphatic heterocycles. The Morgan fingerprint density at radius 3 is 2.65 bits per heavy atom. The number of hydrogen-bond donors (Lipinski definition) is 0. The van der Waals surface area contributed by atoms with E-state index in [0.29, 0.717) is 24.1 Å². The minimum atomic E-state index is -0.439. The number of halogens is 1. The summed E-state index contributed by atoms with van der Waals surface area (Å²) < 4.78 is 18.2. The summed E-state index contributed by atoms with van der Waals surface area (Å²) in [6.45, 7) is 5.80. The van der Waals surface area contributed by atoms with Crippen molar-refractivity contribution >= 4 is 5.82 Å². The second kappa shape index (κ2) is 5.54. The van der Waals surface area contributed by atoms with Crippen LogP contribution in [0.2, 0.25) is 0 Å². The number of nitrogens with zero attached hydrogens (tertiary/aromatic N) is 5. The van der Waals surface area contributed by atoms with Gasteiger partial charge < -0.3 is 9.42 Å². The van der Waals surface area contributed by atoms with Crippen molar-refractivity contribution in [2.45, 2.75) is 13.5 Å². The molecule has 0 bridgehead atoms. The zero-order valence-corrected chi connectivity index (χ0v) is 11.3. The Hall–Kier alpha value is -2.02. The molecular weight excluding hydrogens is 261 g/mol. The Kier molecular flexibility index (Phi) is 3.60. The van der Waals surface area contributed by atoms with Crippen LogP contribution in [0, 0.1) is 12.9 Å². The molecule has 7 heteroatoms. The van der Waals surface area contributed by atoms with Crippen LogP contribution < -0.4 is 4.90 Å². The molecular formula is C13H16FN5O. The number of aromatic nitrogens is 3. The minimum absolute atomic E-state index is 0.439. The summed E-state index contributed by atoms with van der Waals surface area (Å²) in [4.78, 5) is 12.4. The van der Waals surface area contributed by atoms with Crippen molar-refractivity contribution < 1.29 is 8.91 Å². The molecule has 0 aliphatic carbocycles. The summed E-state index contributed by atoms with van der Waals surface area (Å²) in [6, 6.07) is 4.88. The maximum absolute atomic E-state index is 13.1. The number of hydrogen-bond acceptors (Lipinski definition) is 6. The van der Waals surface area contributed by atoms with Gasteiger partial charge in [0.05, 0.1) is 6.54 Å². The molecule has 0 saturated carbocycles. The molecule has 20 heavy (non-hydrogen) atoms. The molecule has 0 atom stereocenters. The fraction of sp³-hybridized carbons (Fsp3) is 0.462. The predicted octanol–water partition coefficient (Wildman–Crippen LogP) is 1.23. The topological polar surface area (TPSA) is 58.3 Å². The fourth-order valence-electron chi connectivity index (χ4n) is 2.30. The normalized spacial score (nSPS) is 16.6. The van der Waals surface area contributed by atoms with Crippen LogP contribution in [0.1, 0.15) is 11.7 Å². The van der Waals surface area contributed by atoms with E-state index < -0.39 is 5.95 Å². The van der Waals surface area contributed by atoms with Crippen LogP contribution >= 0.6 is 0 Å². The van der Waals surface area contributed by atoms with Crippen molar-refractivity contribution in [2.24, 2.45) is 0 Å². The second-order valence-electron chi connectivity index (χ2n) is 4.82. The Morgan fingerprint density at radius 1 is 1.20 bits per heavy atom. The molecule has 0 spiro atoms. The second-order valence-corrected chi connectivity index (χ2v) is 4.82. The van der Waals surface area contributed by atoms with Crippen molar-refractivity contribution in [2.75, 3.05) is 31.1 Å². The van der Waals surface area contributed by atoms with E-state index in [1.807, 2.05) is 6.07 Å². The zero-order valence-electron chi connectivity index (χ0n) is 11.3. The van der Waals surface area contributed by atoms with Crippen LogP contribution in [-0.4, -0.2) is 46.2 Å². The van der Waals surface area contributed by atoms with Gasteiger partial charge in [0.2, 0.25) is 11.8 Å². The van der Waals surface area contributed by atoms with Gasteiger partial charge in [-0.2, -0.15) is 9.37 Å². The van der Waals surface area contributed by atoms with Crippen LogP contribution in [0.4, 0.5) is 10.2 Å². The predicted molar refractivity (Wildman–Crippen MR) is 70.7 cm³/mol. The van der Waals surface area contributed by atoms with E-state index in [1.165, 1.54) is 6.07 Å². The summed E-state index contributed by atoms with van der Waals surface area (Å²) in [6.07, 6.45) is 0. The lowest BCUT2D eigenvalue weighted by molar-refractivity contribution is 0.215. The van der Waals surface area contributed by atoms with Crippen molar-refractivity contribution in [1.29, 1.82) is 0 Å². The van der Waals surface area contributed by atoms with Gasteiger partial charge in [-0.3, -0.25) is 4.90 Å². The Morgan fingerprint density at radius 2 is 2.00 bits per heavy atom. The maximum Gasteiger partial charge on any atom is 0.240 e. The van der Waals surface area contributed by atoms with Gasteiger partial charge in [-0.15, -0.1) is 0 Å². The third kappa shape index (κ3) is 2.93. The van der Waals surface area contributed by atoms with Crippen molar-refractivity contribution in [3.8, 4) is 0 Å². The van der Waals surface area contributed by atoms with Gasteiger partial charge in [0.1, 0.15) is 5.82 Å². The summed E-state index contributed by atoms with van der Waals surface area (Å²) in [5.74, 6) is 1.55. The van der Waals surface area contributed by atoms with E-state index in [0.717, 1.165) is 26.2 Å². The molecule has 2 aromatic rings. The van der Waals surface area contributed by atoms with E-state index >= 15 is 0 Å². The van der Waals surface area contributed by atoms with Gasteiger partial charge in [0, 0.05) is 26.2 Å². The van der Waals surface area contributed by atoms with Crippen molar-refractivity contribution in [3.63, 3.8) is 0 Å². The van der Waals surface area contributed by atoms with Crippen LogP contribution in [-0.2, 0) is 6.54 Å². The first-order valence-electron chi connectivity index (χ1n) is 6.60. The molecule has 0 amide bonds. The lowest BCUT2D eigenvalue weighted by Gasteiger charge is -2.34. The van der Waals surface area contributed by atoms with E-state index in [4.69, 9.17) is 4.52 Å². The van der Waals surface area contributed by atoms with Gasteiger partial charge in [-0.25, -0.2) is 4.98 Å². The molecule has 0 radical (unpaired) electrons. The lowest BCUT2D eigenvalue weighted by atomic mass is 10.3. The van der Waals surface area contributed by atoms with Crippen LogP contribution in [0.3, 0.4) is 0 Å². The van der Waals surface area contributed by atoms with Gasteiger partial charge in [-0.05, 0) is 19.1 Å². The third-order valence-electron chi connectivity index (χ3n) is 3.33. The van der Waals surface area contributed by atoms with Crippen molar-refractivity contribution in [1.82, 2.24) is 20.0 Å². The number of aryl methyl sites for hydroxylation is 1. The summed E-state index contributed by atoms with van der Waals surface area (Å²) in [7, 11) is 0. The summed E-state index contributed by atoms with van der Waals surface area (Å²) in [5, 5.41) is 3.78. The lowest BCUT2D eigenvalue weighted by Crippen LogP contribution is -2.46. The highest BCUT2D eigenvalue weighted by Gasteiger charge is 2.20. The SMILES string of the molecule is Cc1noc(CN2CCN(c3cccc(F)n3)CC2)n1. The molecule has 3 rings (SSSR count). The van der Waals surface area contributed by atoms with Crippen molar-refractivity contribution in [3.05, 3.63) is 35.9 Å². The number of rotatable bonds is 3. The standard InChI is InChI=1S/C13H16FN5O/c1-10-15-13(20-17-10)9-18-5-7-19(8-6-18)12-4-2-3-11(14)16-12/h2-4H,5-9H2,1H3. The number of pyridine rings is 1. The van der Waals surface area contributed by atoms with Crippen LogP contribution in [0.5, 0.6) is 0 Å². The Labute approximate surface area is 116 Å². The molecule has 0 aromatic carbocycles. The highest BCUT2D eigenvalue weighted by atomic mass is 19.1. The fourth-order valence-corrected chi connectivity index (χ4v) is 2.30. The molecule has 106 valence electrons. The third-order valence-corrected chi connectivity index (χ3v) is 3.33.